The molecule has 1 aliphatic carbocycles. The molecule has 1 saturated carbocycles. The number of nitrogens with zero attached hydrogens (tertiary/aromatic N) is 2. The number of likely N-dealkylation sites (N-methyl/N-ethyl adjacent to an activating group) is 1. The monoisotopic (exact) mass is 224 g/mol. The van der Waals surface area contributed by atoms with Crippen molar-refractivity contribution in [1.82, 2.24) is 9.80 Å². The average molecular weight is 224 g/mol. The lowest BCUT2D eigenvalue weighted by molar-refractivity contribution is -0.138. The van der Waals surface area contributed by atoms with Crippen LogP contribution >= 0.6 is 0 Å². The maximum Gasteiger partial charge on any atom is 0.225 e. The Morgan fingerprint density at radius 2 is 1.56 bits per heavy atom. The molecule has 0 aromatic heterocycles. The largest absolute Gasteiger partial charge is 0.340 e. The van der Waals surface area contributed by atoms with Crippen molar-refractivity contribution in [3.63, 3.8) is 0 Å². The fourth-order valence-corrected chi connectivity index (χ4v) is 2.79. The molecule has 0 spiro atoms. The Balaban J connectivity index is 1.83. The average Bonchev–Trinajstić information content (AvgIpc) is 2.30. The van der Waals surface area contributed by atoms with Crippen LogP contribution in [0.5, 0.6) is 0 Å². The molecule has 0 bridgehead atoms. The molecule has 2 fully saturated rings. The Bertz CT molecular complexity index is 214. The van der Waals surface area contributed by atoms with Gasteiger partial charge in [-0.25, -0.2) is 0 Å². The van der Waals surface area contributed by atoms with E-state index >= 15 is 0 Å². The Hall–Kier alpha value is -0.570. The van der Waals surface area contributed by atoms with Gasteiger partial charge in [-0.05, 0) is 38.6 Å². The van der Waals surface area contributed by atoms with E-state index in [-0.39, 0.29) is 0 Å². The smallest absolute Gasteiger partial charge is 0.225 e. The van der Waals surface area contributed by atoms with Gasteiger partial charge >= 0.3 is 0 Å². The van der Waals surface area contributed by atoms with Gasteiger partial charge < -0.3 is 9.80 Å². The molecule has 2 rings (SSSR count). The summed E-state index contributed by atoms with van der Waals surface area (Å²) < 4.78 is 0. The molecule has 92 valence electrons. The summed E-state index contributed by atoms with van der Waals surface area (Å²) in [6.45, 7) is 6.24. The minimum absolute atomic E-state index is 0.333. The summed E-state index contributed by atoms with van der Waals surface area (Å²) in [6.07, 6.45) is 4.72. The van der Waals surface area contributed by atoms with Gasteiger partial charge in [-0.1, -0.05) is 6.92 Å². The van der Waals surface area contributed by atoms with Crippen molar-refractivity contribution >= 4 is 5.91 Å². The molecule has 2 aliphatic rings. The first-order chi connectivity index (χ1) is 7.66. The molecule has 3 nitrogen and oxygen atoms in total. The van der Waals surface area contributed by atoms with Gasteiger partial charge in [0.1, 0.15) is 0 Å². The van der Waals surface area contributed by atoms with Crippen molar-refractivity contribution < 1.29 is 4.79 Å². The fourth-order valence-electron chi connectivity index (χ4n) is 2.79. The lowest BCUT2D eigenvalue weighted by Gasteiger charge is -2.36. The summed E-state index contributed by atoms with van der Waals surface area (Å²) in [4.78, 5) is 16.7. The van der Waals surface area contributed by atoms with E-state index in [1.807, 2.05) is 0 Å². The van der Waals surface area contributed by atoms with E-state index in [0.717, 1.165) is 44.9 Å². The molecular formula is C13H24N2O. The molecule has 16 heavy (non-hydrogen) atoms. The van der Waals surface area contributed by atoms with Crippen molar-refractivity contribution in [1.29, 1.82) is 0 Å². The third kappa shape index (κ3) is 2.76. The molecule has 0 N–H and O–H groups in total. The van der Waals surface area contributed by atoms with Crippen molar-refractivity contribution in [2.45, 2.75) is 32.6 Å². The first-order valence-electron chi connectivity index (χ1n) is 6.64. The molecule has 1 amide bonds. The van der Waals surface area contributed by atoms with E-state index in [1.54, 1.807) is 0 Å². The molecule has 0 aromatic rings. The van der Waals surface area contributed by atoms with Crippen LogP contribution in [0.2, 0.25) is 0 Å². The lowest BCUT2D eigenvalue weighted by Crippen LogP contribution is -2.49. The summed E-state index contributed by atoms with van der Waals surface area (Å²) >= 11 is 0. The van der Waals surface area contributed by atoms with E-state index in [1.165, 1.54) is 12.8 Å². The molecule has 3 heteroatoms. The zero-order valence-electron chi connectivity index (χ0n) is 10.6. The first kappa shape index (κ1) is 11.9. The number of hydrogen-bond donors (Lipinski definition) is 0. The predicted molar refractivity (Wildman–Crippen MR) is 65.2 cm³/mol. The van der Waals surface area contributed by atoms with Crippen molar-refractivity contribution in [2.75, 3.05) is 33.2 Å². The number of amides is 1. The minimum atomic E-state index is 0.333. The Morgan fingerprint density at radius 3 is 2.12 bits per heavy atom. The SMILES string of the molecule is CN1CCN(C(=O)[C@H]2CC[C@@H](C)CC2)CC1. The predicted octanol–water partition coefficient (Wildman–Crippen LogP) is 1.59. The normalized spacial score (nSPS) is 32.8. The van der Waals surface area contributed by atoms with Crippen LogP contribution in [0, 0.1) is 11.8 Å². The topological polar surface area (TPSA) is 23.6 Å². The summed E-state index contributed by atoms with van der Waals surface area (Å²) in [5.41, 5.74) is 0. The molecule has 0 aromatic carbocycles. The van der Waals surface area contributed by atoms with E-state index in [9.17, 15) is 4.79 Å². The van der Waals surface area contributed by atoms with Crippen molar-refractivity contribution in [3.05, 3.63) is 0 Å². The van der Waals surface area contributed by atoms with E-state index < -0.39 is 0 Å². The van der Waals surface area contributed by atoms with Gasteiger partial charge in [0.15, 0.2) is 0 Å². The van der Waals surface area contributed by atoms with Crippen LogP contribution in [0.25, 0.3) is 0 Å². The maximum atomic E-state index is 12.3. The zero-order valence-corrected chi connectivity index (χ0v) is 10.6. The van der Waals surface area contributed by atoms with Gasteiger partial charge in [-0.3, -0.25) is 4.79 Å². The van der Waals surface area contributed by atoms with Crippen LogP contribution in [0.15, 0.2) is 0 Å². The lowest BCUT2D eigenvalue weighted by atomic mass is 9.82. The van der Waals surface area contributed by atoms with Crippen LogP contribution in [-0.2, 0) is 4.79 Å². The standard InChI is InChI=1S/C13H24N2O/c1-11-3-5-12(6-4-11)13(16)15-9-7-14(2)8-10-15/h11-12H,3-10H2,1-2H3/t11-,12+. The second-order valence-corrected chi connectivity index (χ2v) is 5.59. The van der Waals surface area contributed by atoms with E-state index in [4.69, 9.17) is 0 Å². The van der Waals surface area contributed by atoms with Crippen molar-refractivity contribution in [2.24, 2.45) is 11.8 Å². The highest BCUT2D eigenvalue weighted by molar-refractivity contribution is 5.79. The Kier molecular flexibility index (Phi) is 3.85. The maximum absolute atomic E-state index is 12.3. The van der Waals surface area contributed by atoms with Gasteiger partial charge in [0.25, 0.3) is 0 Å². The highest BCUT2D eigenvalue weighted by atomic mass is 16.2. The second kappa shape index (κ2) is 5.17. The Labute approximate surface area is 98.8 Å². The molecule has 1 aliphatic heterocycles. The van der Waals surface area contributed by atoms with Gasteiger partial charge in [-0.15, -0.1) is 0 Å². The number of piperazine rings is 1. The van der Waals surface area contributed by atoms with Crippen LogP contribution in [0.1, 0.15) is 32.6 Å². The summed E-state index contributed by atoms with van der Waals surface area (Å²) in [6, 6.07) is 0. The van der Waals surface area contributed by atoms with Gasteiger partial charge in [0, 0.05) is 32.1 Å². The summed E-state index contributed by atoms with van der Waals surface area (Å²) in [7, 11) is 2.13. The van der Waals surface area contributed by atoms with E-state index in [0.29, 0.717) is 11.8 Å². The molecular weight excluding hydrogens is 200 g/mol. The van der Waals surface area contributed by atoms with Crippen LogP contribution in [0.4, 0.5) is 0 Å². The molecule has 0 atom stereocenters. The third-order valence-corrected chi connectivity index (χ3v) is 4.18. The number of carbonyl (C=O) groups is 1. The third-order valence-electron chi connectivity index (χ3n) is 4.18. The van der Waals surface area contributed by atoms with Gasteiger partial charge in [0.2, 0.25) is 5.91 Å². The molecule has 1 heterocycles. The first-order valence-corrected chi connectivity index (χ1v) is 6.64. The number of rotatable bonds is 1. The highest BCUT2D eigenvalue weighted by Crippen LogP contribution is 2.29. The molecule has 0 unspecified atom stereocenters. The Morgan fingerprint density at radius 1 is 1.00 bits per heavy atom. The number of hydrogen-bond acceptors (Lipinski definition) is 2. The fraction of sp³-hybridized carbons (Fsp3) is 0.923. The quantitative estimate of drug-likeness (QED) is 0.675. The van der Waals surface area contributed by atoms with Crippen LogP contribution < -0.4 is 0 Å². The van der Waals surface area contributed by atoms with Crippen LogP contribution in [0.3, 0.4) is 0 Å². The molecule has 1 saturated heterocycles. The summed E-state index contributed by atoms with van der Waals surface area (Å²) in [5.74, 6) is 1.59. The summed E-state index contributed by atoms with van der Waals surface area (Å²) in [5, 5.41) is 0. The van der Waals surface area contributed by atoms with Gasteiger partial charge in [0.05, 0.1) is 0 Å². The second-order valence-electron chi connectivity index (χ2n) is 5.59. The van der Waals surface area contributed by atoms with Crippen LogP contribution in [-0.4, -0.2) is 48.9 Å². The van der Waals surface area contributed by atoms with Gasteiger partial charge in [-0.2, -0.15) is 0 Å². The zero-order chi connectivity index (χ0) is 11.5. The highest BCUT2D eigenvalue weighted by Gasteiger charge is 2.29. The van der Waals surface area contributed by atoms with Crippen molar-refractivity contribution in [3.8, 4) is 0 Å². The molecule has 0 radical (unpaired) electrons. The minimum Gasteiger partial charge on any atom is -0.340 e. The van der Waals surface area contributed by atoms with E-state index in [2.05, 4.69) is 23.8 Å². The number of carbonyl (C=O) groups excluding carboxylic acids is 1.